The van der Waals surface area contributed by atoms with Crippen LogP contribution in [0.1, 0.15) is 33.3 Å². The van der Waals surface area contributed by atoms with Crippen LogP contribution in [0.5, 0.6) is 0 Å². The Hall–Kier alpha value is -3.10. The smallest absolute Gasteiger partial charge is 0.339 e. The van der Waals surface area contributed by atoms with Gasteiger partial charge < -0.3 is 9.26 Å². The third-order valence-electron chi connectivity index (χ3n) is 4.50. The topological polar surface area (TPSA) is 83.0 Å². The Kier molecular flexibility index (Phi) is 6.39. The summed E-state index contributed by atoms with van der Waals surface area (Å²) in [7, 11) is 0. The molecule has 0 fully saturated rings. The highest BCUT2D eigenvalue weighted by atomic mass is 35.5. The number of ether oxygens (including phenoxy) is 1. The Bertz CT molecular complexity index is 1210. The van der Waals surface area contributed by atoms with Gasteiger partial charge >= 0.3 is 5.97 Å². The van der Waals surface area contributed by atoms with Crippen molar-refractivity contribution in [2.24, 2.45) is 0 Å². The fourth-order valence-electron chi connectivity index (χ4n) is 2.95. The van der Waals surface area contributed by atoms with E-state index in [0.29, 0.717) is 39.4 Å². The van der Waals surface area contributed by atoms with E-state index in [0.717, 1.165) is 10.6 Å². The minimum Gasteiger partial charge on any atom is -0.457 e. The molecule has 2 aromatic carbocycles. The molecule has 7 nitrogen and oxygen atoms in total. The summed E-state index contributed by atoms with van der Waals surface area (Å²) in [6.45, 7) is 3.62. The van der Waals surface area contributed by atoms with E-state index in [-0.39, 0.29) is 6.61 Å². The summed E-state index contributed by atoms with van der Waals surface area (Å²) in [5, 5.41) is 8.68. The Morgan fingerprint density at radius 3 is 2.61 bits per heavy atom. The van der Waals surface area contributed by atoms with E-state index in [1.807, 2.05) is 49.4 Å². The molecule has 0 N–H and O–H groups in total. The lowest BCUT2D eigenvalue weighted by atomic mass is 10.2. The summed E-state index contributed by atoms with van der Waals surface area (Å²) in [4.78, 5) is 17.8. The fourth-order valence-corrected chi connectivity index (χ4v) is 4.15. The minimum absolute atomic E-state index is 0.0260. The average molecular weight is 455 g/mol. The van der Waals surface area contributed by atoms with Gasteiger partial charge in [-0.05, 0) is 38.1 Å². The highest BCUT2D eigenvalue weighted by molar-refractivity contribution is 7.98. The monoisotopic (exact) mass is 454 g/mol. The van der Waals surface area contributed by atoms with E-state index >= 15 is 0 Å². The molecular formula is C22H19ClN4O3S. The van der Waals surface area contributed by atoms with Crippen LogP contribution in [0.3, 0.4) is 0 Å². The fraction of sp³-hybridized carbons (Fsp3) is 0.182. The Morgan fingerprint density at radius 2 is 1.87 bits per heavy atom. The second kappa shape index (κ2) is 9.36. The quantitative estimate of drug-likeness (QED) is 0.281. The number of nitrogens with zero attached hydrogens (tertiary/aromatic N) is 4. The van der Waals surface area contributed by atoms with Gasteiger partial charge in [0.05, 0.1) is 22.7 Å². The summed E-state index contributed by atoms with van der Waals surface area (Å²) in [5.41, 5.74) is 2.68. The number of para-hydroxylation sites is 1. The molecule has 0 aliphatic heterocycles. The maximum Gasteiger partial charge on any atom is 0.339 e. The van der Waals surface area contributed by atoms with E-state index in [2.05, 4.69) is 15.2 Å². The number of carbonyl (C=O) groups is 1. The Labute approximate surface area is 188 Å². The molecule has 0 atom stereocenters. The van der Waals surface area contributed by atoms with E-state index in [9.17, 15) is 4.79 Å². The number of carbonyl (C=O) groups excluding carboxylic acids is 1. The van der Waals surface area contributed by atoms with Gasteiger partial charge in [-0.2, -0.15) is 10.1 Å². The number of aromatic nitrogens is 4. The SMILES string of the molecule is Cc1noc(CSc2ccccc2C(=O)OCc2c(C)nn(-c3ccccc3)c2Cl)n1. The zero-order valence-electron chi connectivity index (χ0n) is 16.9. The number of rotatable bonds is 7. The molecule has 2 heterocycles. The van der Waals surface area contributed by atoms with Gasteiger partial charge in [0, 0.05) is 10.5 Å². The van der Waals surface area contributed by atoms with E-state index in [4.69, 9.17) is 20.9 Å². The van der Waals surface area contributed by atoms with E-state index < -0.39 is 5.97 Å². The van der Waals surface area contributed by atoms with Crippen LogP contribution in [0.15, 0.2) is 64.0 Å². The van der Waals surface area contributed by atoms with Crippen LogP contribution in [0.25, 0.3) is 5.69 Å². The summed E-state index contributed by atoms with van der Waals surface area (Å²) >= 11 is 7.96. The van der Waals surface area contributed by atoms with Crippen molar-refractivity contribution in [3.63, 3.8) is 0 Å². The predicted octanol–water partition coefficient (Wildman–Crippen LogP) is 5.17. The maximum atomic E-state index is 12.8. The lowest BCUT2D eigenvalue weighted by Crippen LogP contribution is -2.07. The van der Waals surface area contributed by atoms with Gasteiger partial charge in [0.2, 0.25) is 5.89 Å². The Balaban J connectivity index is 1.47. The first-order valence-electron chi connectivity index (χ1n) is 9.50. The molecule has 0 saturated heterocycles. The lowest BCUT2D eigenvalue weighted by molar-refractivity contribution is 0.0468. The summed E-state index contributed by atoms with van der Waals surface area (Å²) in [6.07, 6.45) is 0. The molecule has 0 spiro atoms. The van der Waals surface area contributed by atoms with Gasteiger partial charge in [0.25, 0.3) is 0 Å². The van der Waals surface area contributed by atoms with Crippen LogP contribution in [0, 0.1) is 13.8 Å². The van der Waals surface area contributed by atoms with Crippen molar-refractivity contribution in [2.45, 2.75) is 31.1 Å². The van der Waals surface area contributed by atoms with Crippen LogP contribution in [0.2, 0.25) is 5.15 Å². The van der Waals surface area contributed by atoms with Crippen LogP contribution in [0.4, 0.5) is 0 Å². The van der Waals surface area contributed by atoms with Crippen molar-refractivity contribution in [3.8, 4) is 5.69 Å². The molecule has 9 heteroatoms. The number of thioether (sulfide) groups is 1. The average Bonchev–Trinajstić information content (AvgIpc) is 3.33. The number of benzene rings is 2. The number of esters is 1. The van der Waals surface area contributed by atoms with Gasteiger partial charge in [-0.25, -0.2) is 9.48 Å². The van der Waals surface area contributed by atoms with Crippen molar-refractivity contribution in [1.29, 1.82) is 0 Å². The molecule has 4 rings (SSSR count). The third-order valence-corrected chi connectivity index (χ3v) is 5.94. The number of hydrogen-bond acceptors (Lipinski definition) is 7. The second-order valence-corrected chi connectivity index (χ2v) is 8.07. The van der Waals surface area contributed by atoms with Crippen LogP contribution in [-0.2, 0) is 17.1 Å². The molecule has 0 aliphatic rings. The van der Waals surface area contributed by atoms with Crippen molar-refractivity contribution in [3.05, 3.63) is 88.3 Å². The molecule has 31 heavy (non-hydrogen) atoms. The minimum atomic E-state index is -0.437. The van der Waals surface area contributed by atoms with Gasteiger partial charge in [-0.1, -0.05) is 47.1 Å². The first-order valence-corrected chi connectivity index (χ1v) is 10.9. The molecule has 0 saturated carbocycles. The largest absolute Gasteiger partial charge is 0.457 e. The molecular weight excluding hydrogens is 436 g/mol. The van der Waals surface area contributed by atoms with Gasteiger partial charge in [0.15, 0.2) is 5.82 Å². The van der Waals surface area contributed by atoms with Crippen LogP contribution < -0.4 is 0 Å². The number of halogens is 1. The third kappa shape index (κ3) is 4.81. The number of aryl methyl sites for hydroxylation is 2. The second-order valence-electron chi connectivity index (χ2n) is 6.70. The van der Waals surface area contributed by atoms with E-state index in [1.165, 1.54) is 11.8 Å². The zero-order valence-corrected chi connectivity index (χ0v) is 18.5. The first-order chi connectivity index (χ1) is 15.0. The maximum absolute atomic E-state index is 12.8. The molecule has 4 aromatic rings. The molecule has 0 bridgehead atoms. The van der Waals surface area contributed by atoms with Gasteiger partial charge in [0.1, 0.15) is 11.8 Å². The lowest BCUT2D eigenvalue weighted by Gasteiger charge is -2.09. The molecule has 0 radical (unpaired) electrons. The van der Waals surface area contributed by atoms with E-state index in [1.54, 1.807) is 23.7 Å². The van der Waals surface area contributed by atoms with Crippen molar-refractivity contribution >= 4 is 29.3 Å². The first kappa shape index (κ1) is 21.1. The number of hydrogen-bond donors (Lipinski definition) is 0. The van der Waals surface area contributed by atoms with Crippen molar-refractivity contribution in [2.75, 3.05) is 0 Å². The predicted molar refractivity (Wildman–Crippen MR) is 117 cm³/mol. The van der Waals surface area contributed by atoms with Crippen molar-refractivity contribution in [1.82, 2.24) is 19.9 Å². The zero-order chi connectivity index (χ0) is 21.8. The normalized spacial score (nSPS) is 10.9. The highest BCUT2D eigenvalue weighted by Crippen LogP contribution is 2.28. The summed E-state index contributed by atoms with van der Waals surface area (Å²) in [5.74, 6) is 1.10. The molecule has 0 amide bonds. The Morgan fingerprint density at radius 1 is 1.13 bits per heavy atom. The molecule has 0 unspecified atom stereocenters. The molecule has 2 aromatic heterocycles. The van der Waals surface area contributed by atoms with Crippen LogP contribution in [-0.4, -0.2) is 25.9 Å². The molecule has 158 valence electrons. The van der Waals surface area contributed by atoms with Gasteiger partial charge in [-0.3, -0.25) is 0 Å². The van der Waals surface area contributed by atoms with Crippen molar-refractivity contribution < 1.29 is 14.1 Å². The summed E-state index contributed by atoms with van der Waals surface area (Å²) in [6, 6.07) is 16.8. The standard InChI is InChI=1S/C22H19ClN4O3S/c1-14-18(21(23)27(25-14)16-8-4-3-5-9-16)12-29-22(28)17-10-6-7-11-19(17)31-13-20-24-15(2)26-30-20/h3-11H,12-13H2,1-2H3. The van der Waals surface area contributed by atoms with Crippen LogP contribution >= 0.6 is 23.4 Å². The highest BCUT2D eigenvalue weighted by Gasteiger charge is 2.19. The molecule has 0 aliphatic carbocycles. The summed E-state index contributed by atoms with van der Waals surface area (Å²) < 4.78 is 12.4. The van der Waals surface area contributed by atoms with Gasteiger partial charge in [-0.15, -0.1) is 11.8 Å².